The minimum Gasteiger partial charge on any atom is -0.493 e. The van der Waals surface area contributed by atoms with Gasteiger partial charge in [-0.25, -0.2) is 0 Å². The van der Waals surface area contributed by atoms with E-state index in [0.29, 0.717) is 40.8 Å². The molecule has 0 fully saturated rings. The zero-order valence-electron chi connectivity index (χ0n) is 18.6. The molecule has 0 radical (unpaired) electrons. The molecule has 2 amide bonds. The highest BCUT2D eigenvalue weighted by atomic mass is 32.1. The van der Waals surface area contributed by atoms with E-state index in [2.05, 4.69) is 29.8 Å². The maximum atomic E-state index is 12.8. The van der Waals surface area contributed by atoms with Crippen LogP contribution in [0.5, 0.6) is 5.75 Å². The molecular formula is C26H27N3O3S. The minimum atomic E-state index is -0.370. The number of benzene rings is 3. The van der Waals surface area contributed by atoms with E-state index in [9.17, 15) is 9.59 Å². The van der Waals surface area contributed by atoms with Gasteiger partial charge in [-0.05, 0) is 67.0 Å². The number of carbonyl (C=O) groups excluding carboxylic acids is 2. The van der Waals surface area contributed by atoms with Crippen molar-refractivity contribution in [2.24, 2.45) is 5.92 Å². The topological polar surface area (TPSA) is 79.5 Å². The molecule has 6 nitrogen and oxygen atoms in total. The summed E-state index contributed by atoms with van der Waals surface area (Å²) in [7, 11) is 0. The fraction of sp³-hybridized carbons (Fsp3) is 0.192. The monoisotopic (exact) mass is 461 g/mol. The van der Waals surface area contributed by atoms with Crippen molar-refractivity contribution in [3.63, 3.8) is 0 Å². The fourth-order valence-electron chi connectivity index (χ4n) is 2.98. The second-order valence-electron chi connectivity index (χ2n) is 7.84. The Morgan fingerprint density at radius 1 is 0.848 bits per heavy atom. The van der Waals surface area contributed by atoms with Crippen molar-refractivity contribution in [1.82, 2.24) is 5.32 Å². The normalized spacial score (nSPS) is 10.4. The average Bonchev–Trinajstić information content (AvgIpc) is 2.80. The van der Waals surface area contributed by atoms with Gasteiger partial charge < -0.3 is 15.4 Å². The van der Waals surface area contributed by atoms with Gasteiger partial charge in [-0.3, -0.25) is 14.9 Å². The Labute approximate surface area is 199 Å². The number of nitrogens with one attached hydrogen (secondary N) is 3. The van der Waals surface area contributed by atoms with E-state index < -0.39 is 0 Å². The molecule has 7 heteroatoms. The molecule has 0 unspecified atom stereocenters. The number of anilines is 2. The third-order valence-electron chi connectivity index (χ3n) is 4.73. The summed E-state index contributed by atoms with van der Waals surface area (Å²) in [6, 6.07) is 23.1. The summed E-state index contributed by atoms with van der Waals surface area (Å²) < 4.78 is 5.79. The SMILES string of the molecule is CC(C)CCOc1ccccc1C(=O)NC(=S)Nc1cccc(C(=O)Nc2ccccc2)c1. The van der Waals surface area contributed by atoms with Gasteiger partial charge in [0, 0.05) is 16.9 Å². The lowest BCUT2D eigenvalue weighted by molar-refractivity contribution is 0.0972. The number of hydrogen-bond acceptors (Lipinski definition) is 4. The van der Waals surface area contributed by atoms with Gasteiger partial charge in [-0.1, -0.05) is 50.2 Å². The molecule has 3 N–H and O–H groups in total. The molecule has 33 heavy (non-hydrogen) atoms. The molecule has 0 bridgehead atoms. The first-order valence-electron chi connectivity index (χ1n) is 10.7. The number of rotatable bonds is 8. The van der Waals surface area contributed by atoms with Crippen molar-refractivity contribution in [3.05, 3.63) is 90.0 Å². The van der Waals surface area contributed by atoms with Gasteiger partial charge in [-0.15, -0.1) is 0 Å². The van der Waals surface area contributed by atoms with Gasteiger partial charge in [0.1, 0.15) is 5.75 Å². The summed E-state index contributed by atoms with van der Waals surface area (Å²) in [6.07, 6.45) is 0.893. The van der Waals surface area contributed by atoms with Crippen LogP contribution >= 0.6 is 12.2 Å². The zero-order chi connectivity index (χ0) is 23.6. The summed E-state index contributed by atoms with van der Waals surface area (Å²) in [5, 5.41) is 8.59. The summed E-state index contributed by atoms with van der Waals surface area (Å²) in [5.74, 6) is 0.407. The van der Waals surface area contributed by atoms with E-state index >= 15 is 0 Å². The van der Waals surface area contributed by atoms with Gasteiger partial charge in [0.25, 0.3) is 11.8 Å². The van der Waals surface area contributed by atoms with Gasteiger partial charge >= 0.3 is 0 Å². The first kappa shape index (κ1) is 23.9. The molecule has 0 spiro atoms. The van der Waals surface area contributed by atoms with Gasteiger partial charge in [0.05, 0.1) is 12.2 Å². The Hall–Kier alpha value is -3.71. The smallest absolute Gasteiger partial charge is 0.261 e. The highest BCUT2D eigenvalue weighted by molar-refractivity contribution is 7.80. The second kappa shape index (κ2) is 11.8. The Morgan fingerprint density at radius 3 is 2.30 bits per heavy atom. The number of ether oxygens (including phenoxy) is 1. The van der Waals surface area contributed by atoms with Crippen LogP contribution in [0.4, 0.5) is 11.4 Å². The van der Waals surface area contributed by atoms with E-state index in [1.165, 1.54) is 0 Å². The highest BCUT2D eigenvalue weighted by Gasteiger charge is 2.14. The van der Waals surface area contributed by atoms with Gasteiger partial charge in [-0.2, -0.15) is 0 Å². The minimum absolute atomic E-state index is 0.123. The number of amides is 2. The quantitative estimate of drug-likeness (QED) is 0.387. The maximum absolute atomic E-state index is 12.8. The Morgan fingerprint density at radius 2 is 1.55 bits per heavy atom. The summed E-state index contributed by atoms with van der Waals surface area (Å²) >= 11 is 5.31. The largest absolute Gasteiger partial charge is 0.493 e. The maximum Gasteiger partial charge on any atom is 0.261 e. The van der Waals surface area contributed by atoms with E-state index in [1.54, 1.807) is 42.5 Å². The molecule has 0 saturated carbocycles. The number of hydrogen-bond donors (Lipinski definition) is 3. The van der Waals surface area contributed by atoms with Crippen molar-refractivity contribution in [1.29, 1.82) is 0 Å². The lowest BCUT2D eigenvalue weighted by Crippen LogP contribution is -2.34. The molecular weight excluding hydrogens is 434 g/mol. The van der Waals surface area contributed by atoms with Crippen molar-refractivity contribution >= 4 is 40.5 Å². The lowest BCUT2D eigenvalue weighted by Gasteiger charge is -2.14. The molecule has 0 aromatic heterocycles. The van der Waals surface area contributed by atoms with Crippen molar-refractivity contribution in [2.45, 2.75) is 20.3 Å². The standard InChI is InChI=1S/C26H27N3O3S/c1-18(2)15-16-32-23-14-7-6-13-22(23)25(31)29-26(33)28-21-12-8-9-19(17-21)24(30)27-20-10-4-3-5-11-20/h3-14,17-18H,15-16H2,1-2H3,(H,27,30)(H2,28,29,31,33). The molecule has 3 aromatic carbocycles. The number of carbonyl (C=O) groups is 2. The molecule has 0 saturated heterocycles. The van der Waals surface area contributed by atoms with Crippen LogP contribution in [0.2, 0.25) is 0 Å². The molecule has 0 aliphatic heterocycles. The van der Waals surface area contributed by atoms with Crippen LogP contribution in [-0.4, -0.2) is 23.5 Å². The third kappa shape index (κ3) is 7.43. The van der Waals surface area contributed by atoms with Crippen LogP contribution in [0.1, 0.15) is 41.0 Å². The summed E-state index contributed by atoms with van der Waals surface area (Å²) in [5.41, 5.74) is 2.16. The van der Waals surface area contributed by atoms with Gasteiger partial charge in [0.2, 0.25) is 0 Å². The van der Waals surface area contributed by atoms with Gasteiger partial charge in [0.15, 0.2) is 5.11 Å². The average molecular weight is 462 g/mol. The van der Waals surface area contributed by atoms with Crippen LogP contribution in [0.3, 0.4) is 0 Å². The van der Waals surface area contributed by atoms with E-state index in [0.717, 1.165) is 6.42 Å². The van der Waals surface area contributed by atoms with Crippen LogP contribution in [0.25, 0.3) is 0 Å². The number of para-hydroxylation sites is 2. The van der Waals surface area contributed by atoms with Crippen molar-refractivity contribution < 1.29 is 14.3 Å². The van der Waals surface area contributed by atoms with Crippen LogP contribution in [-0.2, 0) is 0 Å². The Bertz CT molecular complexity index is 1120. The van der Waals surface area contributed by atoms with Crippen LogP contribution in [0.15, 0.2) is 78.9 Å². The van der Waals surface area contributed by atoms with E-state index in [4.69, 9.17) is 17.0 Å². The van der Waals surface area contributed by atoms with E-state index in [1.807, 2.05) is 36.4 Å². The molecule has 170 valence electrons. The second-order valence-corrected chi connectivity index (χ2v) is 8.24. The first-order valence-corrected chi connectivity index (χ1v) is 11.1. The van der Waals surface area contributed by atoms with E-state index in [-0.39, 0.29) is 16.9 Å². The molecule has 0 aliphatic carbocycles. The predicted molar refractivity (Wildman–Crippen MR) is 136 cm³/mol. The third-order valence-corrected chi connectivity index (χ3v) is 4.93. The molecule has 0 heterocycles. The predicted octanol–water partition coefficient (Wildman–Crippen LogP) is 5.49. The highest BCUT2D eigenvalue weighted by Crippen LogP contribution is 2.19. The summed E-state index contributed by atoms with van der Waals surface area (Å²) in [6.45, 7) is 4.77. The Kier molecular flexibility index (Phi) is 8.55. The Balaban J connectivity index is 1.60. The van der Waals surface area contributed by atoms with Crippen LogP contribution < -0.4 is 20.7 Å². The first-order chi connectivity index (χ1) is 15.9. The van der Waals surface area contributed by atoms with Crippen LogP contribution in [0, 0.1) is 5.92 Å². The number of thiocarbonyl (C=S) groups is 1. The molecule has 0 atom stereocenters. The van der Waals surface area contributed by atoms with Crippen molar-refractivity contribution in [2.75, 3.05) is 17.2 Å². The zero-order valence-corrected chi connectivity index (χ0v) is 19.4. The molecule has 3 aromatic rings. The molecule has 3 rings (SSSR count). The summed E-state index contributed by atoms with van der Waals surface area (Å²) in [4.78, 5) is 25.3. The molecule has 0 aliphatic rings. The fourth-order valence-corrected chi connectivity index (χ4v) is 3.19. The van der Waals surface area contributed by atoms with Crippen molar-refractivity contribution in [3.8, 4) is 5.75 Å². The lowest BCUT2D eigenvalue weighted by atomic mass is 10.1.